The summed E-state index contributed by atoms with van der Waals surface area (Å²) in [6.07, 6.45) is 14.2. The molecule has 0 aromatic carbocycles. The maximum atomic E-state index is 11.2. The summed E-state index contributed by atoms with van der Waals surface area (Å²) in [4.78, 5) is 25.9. The van der Waals surface area contributed by atoms with Crippen molar-refractivity contribution in [1.29, 1.82) is 0 Å². The summed E-state index contributed by atoms with van der Waals surface area (Å²) in [7, 11) is 3.54. The molecule has 6 nitrogen and oxygen atoms in total. The van der Waals surface area contributed by atoms with Gasteiger partial charge in [-0.15, -0.1) is 9.81 Å². The van der Waals surface area contributed by atoms with Crippen LogP contribution in [-0.2, 0) is 0 Å². The van der Waals surface area contributed by atoms with Gasteiger partial charge in [0.05, 0.1) is 11.4 Å². The highest BCUT2D eigenvalue weighted by atomic mass is 16.3. The number of hydrogen-bond acceptors (Lipinski definition) is 6. The minimum atomic E-state index is 0.0184. The van der Waals surface area contributed by atoms with Gasteiger partial charge in [0.2, 0.25) is 0 Å². The Hall–Kier alpha value is -2.76. The molecular formula is C14H14N4O2. The molecule has 0 aliphatic carbocycles. The van der Waals surface area contributed by atoms with Gasteiger partial charge in [-0.25, -0.2) is 0 Å². The summed E-state index contributed by atoms with van der Waals surface area (Å²) in [5, 5.41) is 6.02. The van der Waals surface area contributed by atoms with E-state index >= 15 is 0 Å². The third-order valence-electron chi connectivity index (χ3n) is 3.00. The largest absolute Gasteiger partial charge is 0.349 e. The van der Waals surface area contributed by atoms with Gasteiger partial charge in [-0.3, -0.25) is 0 Å². The van der Waals surface area contributed by atoms with Crippen molar-refractivity contribution in [3.63, 3.8) is 0 Å². The topological polar surface area (TPSA) is 65.3 Å². The summed E-state index contributed by atoms with van der Waals surface area (Å²) in [5.74, 6) is 0. The molecule has 0 saturated heterocycles. The number of likely N-dealkylation sites (N-methyl/N-ethyl adjacent to an activating group) is 2. The van der Waals surface area contributed by atoms with Crippen LogP contribution in [0.2, 0.25) is 0 Å². The molecule has 0 bridgehead atoms. The van der Waals surface area contributed by atoms with Crippen LogP contribution in [0.4, 0.5) is 0 Å². The predicted molar refractivity (Wildman–Crippen MR) is 77.7 cm³/mol. The van der Waals surface area contributed by atoms with Gasteiger partial charge in [0, 0.05) is 26.5 Å². The van der Waals surface area contributed by atoms with Crippen molar-refractivity contribution in [3.05, 3.63) is 81.5 Å². The van der Waals surface area contributed by atoms with Gasteiger partial charge >= 0.3 is 0 Å². The molecule has 20 heavy (non-hydrogen) atoms. The molecule has 0 spiro atoms. The molecule has 0 atom stereocenters. The van der Waals surface area contributed by atoms with E-state index in [2.05, 4.69) is 10.4 Å². The highest BCUT2D eigenvalue weighted by molar-refractivity contribution is 5.46. The van der Waals surface area contributed by atoms with Crippen LogP contribution >= 0.6 is 0 Å². The van der Waals surface area contributed by atoms with Gasteiger partial charge < -0.3 is 9.80 Å². The van der Waals surface area contributed by atoms with E-state index in [1.54, 1.807) is 60.6 Å². The Bertz CT molecular complexity index is 555. The molecule has 0 saturated carbocycles. The van der Waals surface area contributed by atoms with Crippen molar-refractivity contribution in [3.8, 4) is 0 Å². The molecule has 0 aromatic rings. The van der Waals surface area contributed by atoms with Gasteiger partial charge in [0.1, 0.15) is 0 Å². The first-order chi connectivity index (χ1) is 9.69. The van der Waals surface area contributed by atoms with Gasteiger partial charge in [-0.2, -0.15) is 0 Å². The average Bonchev–Trinajstić information content (AvgIpc) is 2.47. The van der Waals surface area contributed by atoms with E-state index in [1.807, 2.05) is 12.2 Å². The maximum absolute atomic E-state index is 11.2. The Balaban J connectivity index is 2.60. The summed E-state index contributed by atoms with van der Waals surface area (Å²) in [5.41, 5.74) is 1.09. The number of rotatable bonds is 3. The second kappa shape index (κ2) is 5.92. The second-order valence-corrected chi connectivity index (χ2v) is 4.27. The number of hydrogen-bond donors (Lipinski definition) is 0. The van der Waals surface area contributed by atoms with E-state index in [-0.39, 0.29) is 11.4 Å². The van der Waals surface area contributed by atoms with Crippen molar-refractivity contribution in [1.82, 2.24) is 9.80 Å². The van der Waals surface area contributed by atoms with E-state index in [9.17, 15) is 9.81 Å². The van der Waals surface area contributed by atoms with Gasteiger partial charge in [0.15, 0.2) is 11.4 Å². The van der Waals surface area contributed by atoms with Crippen molar-refractivity contribution in [2.24, 2.45) is 10.4 Å². The number of nitrogens with zero attached hydrogens (tertiary/aromatic N) is 4. The van der Waals surface area contributed by atoms with Crippen molar-refractivity contribution in [2.45, 2.75) is 0 Å². The Morgan fingerprint density at radius 1 is 0.800 bits per heavy atom. The number of nitroso groups, excluding NO2 is 2. The first-order valence-electron chi connectivity index (χ1n) is 6.00. The Morgan fingerprint density at radius 2 is 1.20 bits per heavy atom. The summed E-state index contributed by atoms with van der Waals surface area (Å²) in [6.45, 7) is 0. The molecule has 2 rings (SSSR count). The van der Waals surface area contributed by atoms with Crippen molar-refractivity contribution >= 4 is 0 Å². The fraction of sp³-hybridized carbons (Fsp3) is 0.143. The Morgan fingerprint density at radius 3 is 1.50 bits per heavy atom. The summed E-state index contributed by atoms with van der Waals surface area (Å²) < 4.78 is 0. The fourth-order valence-electron chi connectivity index (χ4n) is 1.96. The lowest BCUT2D eigenvalue weighted by atomic mass is 10.1. The molecule has 2 heterocycles. The van der Waals surface area contributed by atoms with Crippen LogP contribution in [-0.4, -0.2) is 23.9 Å². The van der Waals surface area contributed by atoms with Gasteiger partial charge in [-0.1, -0.05) is 12.2 Å². The first kappa shape index (κ1) is 13.7. The zero-order chi connectivity index (χ0) is 14.5. The van der Waals surface area contributed by atoms with Crippen LogP contribution in [0.3, 0.4) is 0 Å². The minimum Gasteiger partial charge on any atom is -0.349 e. The molecule has 0 unspecified atom stereocenters. The van der Waals surface area contributed by atoms with E-state index in [4.69, 9.17) is 0 Å². The van der Waals surface area contributed by atoms with Crippen LogP contribution in [0.5, 0.6) is 0 Å². The van der Waals surface area contributed by atoms with Crippen LogP contribution in [0.15, 0.2) is 82.0 Å². The predicted octanol–water partition coefficient (Wildman–Crippen LogP) is 2.97. The molecule has 0 amide bonds. The normalized spacial score (nSPS) is 22.1. The molecule has 2 aliphatic heterocycles. The summed E-state index contributed by atoms with van der Waals surface area (Å²) in [6, 6.07) is 0. The average molecular weight is 270 g/mol. The zero-order valence-corrected chi connectivity index (χ0v) is 11.2. The van der Waals surface area contributed by atoms with Crippen LogP contribution in [0.1, 0.15) is 0 Å². The minimum absolute atomic E-state index is 0.0184. The molecule has 0 radical (unpaired) electrons. The molecule has 6 heteroatoms. The van der Waals surface area contributed by atoms with E-state index < -0.39 is 0 Å². The smallest absolute Gasteiger partial charge is 0.162 e. The van der Waals surface area contributed by atoms with Crippen LogP contribution in [0.25, 0.3) is 0 Å². The summed E-state index contributed by atoms with van der Waals surface area (Å²) >= 11 is 0. The van der Waals surface area contributed by atoms with Crippen molar-refractivity contribution in [2.75, 3.05) is 14.1 Å². The van der Waals surface area contributed by atoms with E-state index in [1.165, 1.54) is 0 Å². The lowest BCUT2D eigenvalue weighted by molar-refractivity contribution is 0.563. The molecule has 102 valence electrons. The van der Waals surface area contributed by atoms with Gasteiger partial charge in [-0.05, 0) is 34.7 Å². The van der Waals surface area contributed by atoms with E-state index in [0.29, 0.717) is 11.4 Å². The first-order valence-corrected chi connectivity index (χ1v) is 6.00. The third kappa shape index (κ3) is 2.49. The molecule has 0 aromatic heterocycles. The van der Waals surface area contributed by atoms with Gasteiger partial charge in [0.25, 0.3) is 0 Å². The maximum Gasteiger partial charge on any atom is 0.162 e. The monoisotopic (exact) mass is 270 g/mol. The Labute approximate surface area is 116 Å². The van der Waals surface area contributed by atoms with Crippen LogP contribution in [0, 0.1) is 9.81 Å². The molecule has 2 aliphatic rings. The fourth-order valence-corrected chi connectivity index (χ4v) is 1.96. The SMILES string of the molecule is CN1C=CC=C/C1=C(N=O)\C(N=O)=C1/C=CC=CN1C. The lowest BCUT2D eigenvalue weighted by Gasteiger charge is -2.22. The number of allylic oxidation sites excluding steroid dienone is 6. The second-order valence-electron chi connectivity index (χ2n) is 4.27. The lowest BCUT2D eigenvalue weighted by Crippen LogP contribution is -2.16. The molecular weight excluding hydrogens is 256 g/mol. The van der Waals surface area contributed by atoms with Crippen LogP contribution < -0.4 is 0 Å². The Kier molecular flexibility index (Phi) is 4.05. The zero-order valence-electron chi connectivity index (χ0n) is 11.2. The van der Waals surface area contributed by atoms with E-state index in [0.717, 1.165) is 0 Å². The quantitative estimate of drug-likeness (QED) is 0.739. The third-order valence-corrected chi connectivity index (χ3v) is 3.00. The molecule has 0 fully saturated rings. The highest BCUT2D eigenvalue weighted by Crippen LogP contribution is 2.28. The van der Waals surface area contributed by atoms with Crippen molar-refractivity contribution < 1.29 is 0 Å². The standard InChI is InChI=1S/C14H14N4O2/c1-17-9-5-3-7-11(17)13(15-19)14(16-20)12-8-4-6-10-18(12)2/h3-10H,1-2H3/b13-11-,14-12-. The molecule has 0 N–H and O–H groups in total. The highest BCUT2D eigenvalue weighted by Gasteiger charge is 2.21.